The van der Waals surface area contributed by atoms with Gasteiger partial charge in [-0.2, -0.15) is 0 Å². The molecular weight excluding hydrogens is 224 g/mol. The van der Waals surface area contributed by atoms with E-state index in [2.05, 4.69) is 39.9 Å². The van der Waals surface area contributed by atoms with Crippen LogP contribution in [-0.4, -0.2) is 22.3 Å². The average Bonchev–Trinajstić information content (AvgIpc) is 2.69. The SMILES string of the molecule is c1ccc2c(c1)c1cnccc1n2CC1CCO1. The number of nitrogens with zero attached hydrogens (tertiary/aromatic N) is 2. The molecular formula is C15H14N2O. The molecule has 3 heterocycles. The lowest BCUT2D eigenvalue weighted by atomic mass is 10.2. The summed E-state index contributed by atoms with van der Waals surface area (Å²) in [6.07, 6.45) is 5.35. The lowest BCUT2D eigenvalue weighted by Gasteiger charge is -2.27. The van der Waals surface area contributed by atoms with Gasteiger partial charge in [0.2, 0.25) is 0 Å². The van der Waals surface area contributed by atoms with E-state index in [1.807, 2.05) is 12.4 Å². The smallest absolute Gasteiger partial charge is 0.0776 e. The van der Waals surface area contributed by atoms with Gasteiger partial charge in [-0.1, -0.05) is 18.2 Å². The number of pyridine rings is 1. The fourth-order valence-electron chi connectivity index (χ4n) is 2.73. The zero-order valence-corrected chi connectivity index (χ0v) is 10.0. The average molecular weight is 238 g/mol. The Labute approximate surface area is 105 Å². The van der Waals surface area contributed by atoms with E-state index >= 15 is 0 Å². The number of fused-ring (bicyclic) bond motifs is 3. The van der Waals surface area contributed by atoms with Gasteiger partial charge < -0.3 is 9.30 Å². The van der Waals surface area contributed by atoms with Crippen LogP contribution in [0, 0.1) is 0 Å². The standard InChI is InChI=1S/C15H14N2O/c1-2-4-14-12(3-1)13-9-16-7-5-15(13)17(14)10-11-6-8-18-11/h1-5,7,9,11H,6,8,10H2. The predicted molar refractivity (Wildman–Crippen MR) is 71.6 cm³/mol. The Morgan fingerprint density at radius 1 is 1.17 bits per heavy atom. The highest BCUT2D eigenvalue weighted by atomic mass is 16.5. The second kappa shape index (κ2) is 3.82. The van der Waals surface area contributed by atoms with E-state index in [1.165, 1.54) is 28.2 Å². The number of hydrogen-bond acceptors (Lipinski definition) is 2. The Balaban J connectivity index is 2.00. The number of para-hydroxylation sites is 1. The highest BCUT2D eigenvalue weighted by Crippen LogP contribution is 2.29. The summed E-state index contributed by atoms with van der Waals surface area (Å²) >= 11 is 0. The Hall–Kier alpha value is -1.87. The minimum Gasteiger partial charge on any atom is -0.376 e. The molecule has 0 radical (unpaired) electrons. The molecule has 0 N–H and O–H groups in total. The molecule has 1 unspecified atom stereocenters. The van der Waals surface area contributed by atoms with Crippen LogP contribution in [0.3, 0.4) is 0 Å². The van der Waals surface area contributed by atoms with Gasteiger partial charge >= 0.3 is 0 Å². The van der Waals surface area contributed by atoms with E-state index in [0.29, 0.717) is 6.10 Å². The summed E-state index contributed by atoms with van der Waals surface area (Å²) in [5.74, 6) is 0. The van der Waals surface area contributed by atoms with Gasteiger partial charge in [-0.3, -0.25) is 4.98 Å². The molecule has 3 aromatic rings. The lowest BCUT2D eigenvalue weighted by molar-refractivity contribution is -0.0580. The molecule has 1 aromatic carbocycles. The van der Waals surface area contributed by atoms with E-state index in [0.717, 1.165) is 13.2 Å². The van der Waals surface area contributed by atoms with Gasteiger partial charge in [0.1, 0.15) is 0 Å². The predicted octanol–water partition coefficient (Wildman–Crippen LogP) is 2.98. The first-order valence-electron chi connectivity index (χ1n) is 6.36. The summed E-state index contributed by atoms with van der Waals surface area (Å²) in [5.41, 5.74) is 2.53. The van der Waals surface area contributed by atoms with Gasteiger partial charge in [0.25, 0.3) is 0 Å². The van der Waals surface area contributed by atoms with Crippen molar-refractivity contribution in [1.29, 1.82) is 0 Å². The number of ether oxygens (including phenoxy) is 1. The van der Waals surface area contributed by atoms with Crippen molar-refractivity contribution in [2.75, 3.05) is 6.61 Å². The van der Waals surface area contributed by atoms with Crippen molar-refractivity contribution in [3.8, 4) is 0 Å². The van der Waals surface area contributed by atoms with Crippen LogP contribution >= 0.6 is 0 Å². The van der Waals surface area contributed by atoms with Crippen LogP contribution in [0.5, 0.6) is 0 Å². The summed E-state index contributed by atoms with van der Waals surface area (Å²) < 4.78 is 7.92. The van der Waals surface area contributed by atoms with E-state index in [1.54, 1.807) is 0 Å². The van der Waals surface area contributed by atoms with Gasteiger partial charge in [-0.25, -0.2) is 0 Å². The molecule has 1 fully saturated rings. The first-order chi connectivity index (χ1) is 8.93. The zero-order chi connectivity index (χ0) is 11.9. The minimum absolute atomic E-state index is 0.372. The zero-order valence-electron chi connectivity index (χ0n) is 10.0. The van der Waals surface area contributed by atoms with Crippen molar-refractivity contribution >= 4 is 21.8 Å². The maximum Gasteiger partial charge on any atom is 0.0776 e. The van der Waals surface area contributed by atoms with Gasteiger partial charge in [0, 0.05) is 41.8 Å². The number of rotatable bonds is 2. The first-order valence-corrected chi connectivity index (χ1v) is 6.36. The minimum atomic E-state index is 0.372. The third-order valence-electron chi connectivity index (χ3n) is 3.75. The molecule has 90 valence electrons. The maximum atomic E-state index is 5.57. The highest BCUT2D eigenvalue weighted by Gasteiger charge is 2.20. The highest BCUT2D eigenvalue weighted by molar-refractivity contribution is 6.07. The van der Waals surface area contributed by atoms with Crippen LogP contribution in [0.2, 0.25) is 0 Å². The molecule has 1 aliphatic heterocycles. The molecule has 0 aliphatic carbocycles. The number of benzene rings is 1. The molecule has 0 amide bonds. The van der Waals surface area contributed by atoms with Gasteiger partial charge in [-0.15, -0.1) is 0 Å². The molecule has 0 bridgehead atoms. The van der Waals surface area contributed by atoms with Crippen molar-refractivity contribution in [1.82, 2.24) is 9.55 Å². The molecule has 1 aliphatic rings. The van der Waals surface area contributed by atoms with Crippen LogP contribution in [0.15, 0.2) is 42.7 Å². The Morgan fingerprint density at radius 2 is 2.00 bits per heavy atom. The van der Waals surface area contributed by atoms with Crippen molar-refractivity contribution < 1.29 is 4.74 Å². The Kier molecular flexibility index (Phi) is 2.14. The quantitative estimate of drug-likeness (QED) is 0.686. The second-order valence-corrected chi connectivity index (χ2v) is 4.80. The Morgan fingerprint density at radius 3 is 2.83 bits per heavy atom. The molecule has 3 nitrogen and oxygen atoms in total. The van der Waals surface area contributed by atoms with Crippen LogP contribution in [0.4, 0.5) is 0 Å². The number of hydrogen-bond donors (Lipinski definition) is 0. The largest absolute Gasteiger partial charge is 0.376 e. The fourth-order valence-corrected chi connectivity index (χ4v) is 2.73. The second-order valence-electron chi connectivity index (χ2n) is 4.80. The third-order valence-corrected chi connectivity index (χ3v) is 3.75. The van der Waals surface area contributed by atoms with Crippen molar-refractivity contribution in [2.24, 2.45) is 0 Å². The summed E-state index contributed by atoms with van der Waals surface area (Å²) in [4.78, 5) is 4.25. The van der Waals surface area contributed by atoms with Crippen molar-refractivity contribution in [3.63, 3.8) is 0 Å². The maximum absolute atomic E-state index is 5.57. The van der Waals surface area contributed by atoms with Gasteiger partial charge in [0.05, 0.1) is 11.6 Å². The number of aromatic nitrogens is 2. The van der Waals surface area contributed by atoms with Crippen molar-refractivity contribution in [3.05, 3.63) is 42.7 Å². The summed E-state index contributed by atoms with van der Waals surface area (Å²) in [5, 5.41) is 2.51. The fraction of sp³-hybridized carbons (Fsp3) is 0.267. The monoisotopic (exact) mass is 238 g/mol. The van der Waals surface area contributed by atoms with Crippen LogP contribution in [-0.2, 0) is 11.3 Å². The molecule has 0 spiro atoms. The van der Waals surface area contributed by atoms with E-state index in [9.17, 15) is 0 Å². The van der Waals surface area contributed by atoms with Crippen LogP contribution in [0.1, 0.15) is 6.42 Å². The van der Waals surface area contributed by atoms with E-state index in [-0.39, 0.29) is 0 Å². The normalized spacial score (nSPS) is 19.2. The third kappa shape index (κ3) is 1.37. The summed E-state index contributed by atoms with van der Waals surface area (Å²) in [6.45, 7) is 1.84. The van der Waals surface area contributed by atoms with Crippen LogP contribution in [0.25, 0.3) is 21.8 Å². The summed E-state index contributed by atoms with van der Waals surface area (Å²) in [7, 11) is 0. The lowest BCUT2D eigenvalue weighted by Crippen LogP contribution is -2.31. The first kappa shape index (κ1) is 10.1. The molecule has 0 saturated carbocycles. The Bertz CT molecular complexity index is 659. The molecule has 1 atom stereocenters. The molecule has 3 heteroatoms. The molecule has 1 saturated heterocycles. The van der Waals surface area contributed by atoms with Gasteiger partial charge in [-0.05, 0) is 18.6 Å². The summed E-state index contributed by atoms with van der Waals surface area (Å²) in [6, 6.07) is 10.6. The van der Waals surface area contributed by atoms with Crippen molar-refractivity contribution in [2.45, 2.75) is 19.1 Å². The molecule has 2 aromatic heterocycles. The van der Waals surface area contributed by atoms with Crippen LogP contribution < -0.4 is 0 Å². The molecule has 18 heavy (non-hydrogen) atoms. The molecule has 4 rings (SSSR count). The van der Waals surface area contributed by atoms with E-state index in [4.69, 9.17) is 4.74 Å². The van der Waals surface area contributed by atoms with Gasteiger partial charge in [0.15, 0.2) is 0 Å². The van der Waals surface area contributed by atoms with E-state index < -0.39 is 0 Å². The topological polar surface area (TPSA) is 27.1 Å².